The Hall–Kier alpha value is -1.47. The predicted molar refractivity (Wildman–Crippen MR) is 77.6 cm³/mol. The first-order chi connectivity index (χ1) is 9.55. The average Bonchev–Trinajstić information content (AvgIpc) is 2.48. The van der Waals surface area contributed by atoms with Gasteiger partial charge in [-0.15, -0.1) is 0 Å². The maximum atomic E-state index is 11.2. The summed E-state index contributed by atoms with van der Waals surface area (Å²) in [7, 11) is 0.156. The summed E-state index contributed by atoms with van der Waals surface area (Å²) in [5, 5.41) is 0.858. The number of rotatable bonds is 8. The third-order valence-electron chi connectivity index (χ3n) is 2.62. The van der Waals surface area contributed by atoms with Crippen LogP contribution in [0.3, 0.4) is 0 Å². The Labute approximate surface area is 120 Å². The normalized spacial score (nSPS) is 11.2. The van der Waals surface area contributed by atoms with Crippen molar-refractivity contribution in [2.24, 2.45) is 0 Å². The van der Waals surface area contributed by atoms with Crippen molar-refractivity contribution >= 4 is 20.0 Å². The molecule has 0 aliphatic heterocycles. The highest BCUT2D eigenvalue weighted by molar-refractivity contribution is 6.75. The molecule has 0 unspecified atom stereocenters. The van der Waals surface area contributed by atoms with E-state index in [-0.39, 0.29) is 13.2 Å². The number of carbonyl (C=O) groups is 1. The van der Waals surface area contributed by atoms with E-state index in [0.29, 0.717) is 5.57 Å². The van der Waals surface area contributed by atoms with Crippen molar-refractivity contribution in [1.82, 2.24) is 0 Å². The molecule has 0 heterocycles. The fourth-order valence-electron chi connectivity index (χ4n) is 1.60. The summed E-state index contributed by atoms with van der Waals surface area (Å²) in [4.78, 5) is 11.2. The van der Waals surface area contributed by atoms with E-state index in [1.807, 2.05) is 30.3 Å². The summed E-state index contributed by atoms with van der Waals surface area (Å²) in [6.07, 6.45) is 0. The molecule has 1 rings (SSSR count). The van der Waals surface area contributed by atoms with Crippen LogP contribution >= 0.6 is 0 Å². The van der Waals surface area contributed by atoms with Crippen molar-refractivity contribution in [2.75, 3.05) is 27.4 Å². The van der Waals surface area contributed by atoms with Crippen LogP contribution in [-0.4, -0.2) is 42.2 Å². The van der Waals surface area contributed by atoms with E-state index in [2.05, 4.69) is 6.58 Å². The van der Waals surface area contributed by atoms with Crippen molar-refractivity contribution in [3.05, 3.63) is 42.5 Å². The lowest BCUT2D eigenvalue weighted by atomic mass is 10.4. The van der Waals surface area contributed by atoms with Crippen LogP contribution in [0.1, 0.15) is 6.92 Å². The molecule has 0 aromatic heterocycles. The van der Waals surface area contributed by atoms with E-state index in [0.717, 1.165) is 5.19 Å². The van der Waals surface area contributed by atoms with Gasteiger partial charge >= 0.3 is 14.8 Å². The second-order valence-corrected chi connectivity index (χ2v) is 6.89. The first kappa shape index (κ1) is 16.6. The Morgan fingerprint density at radius 2 is 1.75 bits per heavy atom. The smallest absolute Gasteiger partial charge is 0.460 e. The van der Waals surface area contributed by atoms with Crippen LogP contribution in [0.15, 0.2) is 42.5 Å². The third kappa shape index (κ3) is 4.28. The lowest BCUT2D eigenvalue weighted by molar-refractivity contribution is -0.140. The highest BCUT2D eigenvalue weighted by Gasteiger charge is 2.41. The minimum Gasteiger partial charge on any atom is -0.460 e. The van der Waals surface area contributed by atoms with Crippen molar-refractivity contribution in [3.63, 3.8) is 0 Å². The highest BCUT2D eigenvalue weighted by Crippen LogP contribution is 2.08. The summed E-state index contributed by atoms with van der Waals surface area (Å²) < 4.78 is 21.6. The van der Waals surface area contributed by atoms with Gasteiger partial charge in [-0.05, 0) is 6.92 Å². The van der Waals surface area contributed by atoms with Gasteiger partial charge in [0, 0.05) is 25.0 Å². The lowest BCUT2D eigenvalue weighted by Gasteiger charge is -2.26. The summed E-state index contributed by atoms with van der Waals surface area (Å²) in [6, 6.07) is 9.46. The number of hydrogen-bond donors (Lipinski definition) is 0. The van der Waals surface area contributed by atoms with Gasteiger partial charge in [0.05, 0.1) is 6.61 Å². The van der Waals surface area contributed by atoms with Gasteiger partial charge in [0.1, 0.15) is 6.61 Å². The molecule has 0 amide bonds. The minimum absolute atomic E-state index is 0.125. The fourth-order valence-corrected chi connectivity index (χ4v) is 3.59. The van der Waals surface area contributed by atoms with Crippen molar-refractivity contribution < 1.29 is 22.8 Å². The van der Waals surface area contributed by atoms with E-state index in [9.17, 15) is 4.79 Å². The number of hydrogen-bond acceptors (Lipinski definition) is 5. The molecule has 0 aliphatic rings. The largest absolute Gasteiger partial charge is 0.536 e. The molecule has 0 aliphatic carbocycles. The Balaban J connectivity index is 2.60. The Bertz CT molecular complexity index is 442. The maximum Gasteiger partial charge on any atom is 0.536 e. The zero-order valence-electron chi connectivity index (χ0n) is 12.0. The second kappa shape index (κ2) is 7.96. The molecule has 20 heavy (non-hydrogen) atoms. The van der Waals surface area contributed by atoms with Crippen LogP contribution in [0.4, 0.5) is 0 Å². The second-order valence-electron chi connectivity index (χ2n) is 4.10. The fraction of sp³-hybridized carbons (Fsp3) is 0.357. The van der Waals surface area contributed by atoms with E-state index < -0.39 is 14.8 Å². The summed E-state index contributed by atoms with van der Waals surface area (Å²) in [6.45, 7) is 5.42. The predicted octanol–water partition coefficient (Wildman–Crippen LogP) is 1.26. The molecule has 1 aromatic carbocycles. The van der Waals surface area contributed by atoms with Crippen molar-refractivity contribution in [2.45, 2.75) is 6.92 Å². The van der Waals surface area contributed by atoms with Crippen LogP contribution in [0.5, 0.6) is 0 Å². The van der Waals surface area contributed by atoms with Crippen LogP contribution in [0.2, 0.25) is 0 Å². The minimum atomic E-state index is -2.93. The molecule has 110 valence electrons. The van der Waals surface area contributed by atoms with Gasteiger partial charge in [-0.25, -0.2) is 4.79 Å². The van der Waals surface area contributed by atoms with Crippen LogP contribution in [-0.2, 0) is 22.8 Å². The van der Waals surface area contributed by atoms with Gasteiger partial charge in [-0.2, -0.15) is 0 Å². The molecule has 0 bridgehead atoms. The molecule has 6 heteroatoms. The summed E-state index contributed by atoms with van der Waals surface area (Å²) in [5.74, 6) is -0.435. The van der Waals surface area contributed by atoms with Gasteiger partial charge < -0.3 is 18.0 Å². The van der Waals surface area contributed by atoms with Gasteiger partial charge in [0.25, 0.3) is 0 Å². The number of benzene rings is 1. The molecule has 0 atom stereocenters. The Morgan fingerprint density at radius 1 is 1.15 bits per heavy atom. The molecule has 0 saturated carbocycles. The van der Waals surface area contributed by atoms with Crippen molar-refractivity contribution in [3.8, 4) is 0 Å². The van der Waals surface area contributed by atoms with E-state index in [4.69, 9.17) is 18.0 Å². The van der Waals surface area contributed by atoms with E-state index in [1.165, 1.54) is 0 Å². The van der Waals surface area contributed by atoms with Gasteiger partial charge in [0.2, 0.25) is 0 Å². The monoisotopic (exact) mass is 296 g/mol. The lowest BCUT2D eigenvalue weighted by Crippen LogP contribution is -2.55. The molecule has 0 radical (unpaired) electrons. The van der Waals surface area contributed by atoms with Crippen LogP contribution < -0.4 is 5.19 Å². The van der Waals surface area contributed by atoms with Crippen LogP contribution in [0.25, 0.3) is 0 Å². The quantitative estimate of drug-likeness (QED) is 0.313. The van der Waals surface area contributed by atoms with Gasteiger partial charge in [-0.3, -0.25) is 0 Å². The molecular formula is C14H20O5Si. The molecule has 0 fully saturated rings. The summed E-state index contributed by atoms with van der Waals surface area (Å²) >= 11 is 0. The average molecular weight is 296 g/mol. The number of ether oxygens (including phenoxy) is 1. The zero-order valence-corrected chi connectivity index (χ0v) is 13.0. The molecule has 0 spiro atoms. The van der Waals surface area contributed by atoms with Crippen molar-refractivity contribution in [1.29, 1.82) is 0 Å². The van der Waals surface area contributed by atoms with Crippen LogP contribution in [0, 0.1) is 0 Å². The van der Waals surface area contributed by atoms with E-state index in [1.54, 1.807) is 21.1 Å². The third-order valence-corrected chi connectivity index (χ3v) is 5.32. The number of esters is 1. The zero-order chi connectivity index (χ0) is 15.0. The summed E-state index contributed by atoms with van der Waals surface area (Å²) in [5.41, 5.74) is 0.357. The topological polar surface area (TPSA) is 54.0 Å². The first-order valence-corrected chi connectivity index (χ1v) is 7.90. The molecular weight excluding hydrogens is 276 g/mol. The number of carbonyl (C=O) groups excluding carboxylic acids is 1. The molecule has 5 nitrogen and oxygen atoms in total. The Kier molecular flexibility index (Phi) is 6.60. The van der Waals surface area contributed by atoms with Gasteiger partial charge in [0.15, 0.2) is 0 Å². The Morgan fingerprint density at radius 3 is 2.25 bits per heavy atom. The standard InChI is InChI=1S/C14H20O5Si/c1-12(2)14(15)18-10-11-19-20(16-3,17-4)13-8-6-5-7-9-13/h5-9H,1,10-11H2,2-4H3. The SMILES string of the molecule is C=C(C)C(=O)OCCO[Si](OC)(OC)c1ccccc1. The molecule has 0 saturated heterocycles. The highest BCUT2D eigenvalue weighted by atomic mass is 28.4. The first-order valence-electron chi connectivity index (χ1n) is 6.18. The molecule has 0 N–H and O–H groups in total. The maximum absolute atomic E-state index is 11.2. The molecule has 1 aromatic rings. The van der Waals surface area contributed by atoms with E-state index >= 15 is 0 Å². The van der Waals surface area contributed by atoms with Gasteiger partial charge in [-0.1, -0.05) is 36.9 Å².